The highest BCUT2D eigenvalue weighted by Gasteiger charge is 2.11. The monoisotopic (exact) mass is 318 g/mol. The van der Waals surface area contributed by atoms with Crippen LogP contribution in [0.25, 0.3) is 0 Å². The average Bonchev–Trinajstić information content (AvgIpc) is 2.88. The van der Waals surface area contributed by atoms with Crippen LogP contribution in [0.3, 0.4) is 0 Å². The summed E-state index contributed by atoms with van der Waals surface area (Å²) in [6, 6.07) is 4.88. The van der Waals surface area contributed by atoms with Gasteiger partial charge in [-0.15, -0.1) is 0 Å². The first-order valence-electron chi connectivity index (χ1n) is 5.65. The fourth-order valence-corrected chi connectivity index (χ4v) is 2.29. The molecule has 21 heavy (non-hydrogen) atoms. The van der Waals surface area contributed by atoms with Gasteiger partial charge in [-0.3, -0.25) is 10.1 Å². The van der Waals surface area contributed by atoms with Gasteiger partial charge in [-0.25, -0.2) is 4.39 Å². The van der Waals surface area contributed by atoms with Gasteiger partial charge in [0.15, 0.2) is 11.6 Å². The van der Waals surface area contributed by atoms with Crippen molar-refractivity contribution < 1.29 is 22.8 Å². The molecule has 112 valence electrons. The van der Waals surface area contributed by atoms with E-state index in [0.29, 0.717) is 11.3 Å². The lowest BCUT2D eigenvalue weighted by Crippen LogP contribution is -2.04. The average molecular weight is 318 g/mol. The van der Waals surface area contributed by atoms with Gasteiger partial charge in [0.25, 0.3) is 0 Å². The van der Waals surface area contributed by atoms with Crippen LogP contribution in [0.2, 0.25) is 0 Å². The summed E-state index contributed by atoms with van der Waals surface area (Å²) in [5.74, 6) is -1.46. The van der Waals surface area contributed by atoms with Crippen LogP contribution in [0.1, 0.15) is 5.56 Å². The summed E-state index contributed by atoms with van der Waals surface area (Å²) in [5, 5.41) is 15.0. The Bertz CT molecular complexity index is 648. The molecule has 0 saturated carbocycles. The van der Waals surface area contributed by atoms with Crippen LogP contribution >= 0.6 is 11.3 Å². The maximum Gasteiger partial charge on any atom is 0.387 e. The smallest absolute Gasteiger partial charge is 0.387 e. The second-order valence-electron chi connectivity index (χ2n) is 3.93. The summed E-state index contributed by atoms with van der Waals surface area (Å²) in [5.41, 5.74) is 1.02. The van der Waals surface area contributed by atoms with E-state index in [4.69, 9.17) is 0 Å². The van der Waals surface area contributed by atoms with Crippen LogP contribution in [0.5, 0.6) is 5.75 Å². The van der Waals surface area contributed by atoms with E-state index in [9.17, 15) is 23.3 Å². The summed E-state index contributed by atoms with van der Waals surface area (Å²) >= 11 is 0.989. The van der Waals surface area contributed by atoms with Crippen LogP contribution < -0.4 is 10.1 Å². The minimum absolute atomic E-state index is 0.0126. The van der Waals surface area contributed by atoms with Gasteiger partial charge >= 0.3 is 11.6 Å². The van der Waals surface area contributed by atoms with Crippen molar-refractivity contribution >= 4 is 22.0 Å². The number of ether oxygens (including phenoxy) is 1. The predicted molar refractivity (Wildman–Crippen MR) is 71.3 cm³/mol. The molecule has 1 N–H and O–H groups in total. The zero-order valence-corrected chi connectivity index (χ0v) is 11.2. The number of anilines is 1. The summed E-state index contributed by atoms with van der Waals surface area (Å²) in [7, 11) is 0. The number of halogens is 3. The van der Waals surface area contributed by atoms with E-state index in [-0.39, 0.29) is 11.5 Å². The molecule has 1 aromatic heterocycles. The molecule has 0 aliphatic rings. The largest absolute Gasteiger partial charge is 0.432 e. The van der Waals surface area contributed by atoms with Gasteiger partial charge in [-0.05, 0) is 17.7 Å². The maximum absolute atomic E-state index is 13.5. The van der Waals surface area contributed by atoms with Gasteiger partial charge in [0.05, 0.1) is 4.92 Å². The third-order valence-corrected chi connectivity index (χ3v) is 3.39. The lowest BCUT2D eigenvalue weighted by molar-refractivity contribution is -0.380. The molecule has 0 saturated heterocycles. The Morgan fingerprint density at radius 2 is 2.14 bits per heavy atom. The number of nitrogens with one attached hydrogen (secondary N) is 1. The molecule has 0 spiro atoms. The Morgan fingerprint density at radius 1 is 1.38 bits per heavy atom. The SMILES string of the molecule is O=[N+]([O-])c1cc(CNc2ccc(OC(F)F)c(F)c2)cs1. The minimum Gasteiger partial charge on any atom is -0.432 e. The molecule has 9 heteroatoms. The number of thiophene rings is 1. The fourth-order valence-electron chi connectivity index (χ4n) is 1.56. The van der Waals surface area contributed by atoms with Crippen molar-refractivity contribution in [3.8, 4) is 5.75 Å². The lowest BCUT2D eigenvalue weighted by Gasteiger charge is -2.09. The van der Waals surface area contributed by atoms with E-state index >= 15 is 0 Å². The number of hydrogen-bond acceptors (Lipinski definition) is 5. The van der Waals surface area contributed by atoms with Crippen LogP contribution in [0.4, 0.5) is 23.9 Å². The molecule has 1 heterocycles. The molecule has 2 rings (SSSR count). The van der Waals surface area contributed by atoms with Crippen molar-refractivity contribution in [2.24, 2.45) is 0 Å². The van der Waals surface area contributed by atoms with Gasteiger partial charge in [-0.1, -0.05) is 11.3 Å². The number of benzene rings is 1. The Labute approximate surface area is 121 Å². The van der Waals surface area contributed by atoms with Crippen LogP contribution in [-0.4, -0.2) is 11.5 Å². The normalized spacial score (nSPS) is 10.7. The number of nitrogens with zero attached hydrogens (tertiary/aromatic N) is 1. The first kappa shape index (κ1) is 15.1. The van der Waals surface area contributed by atoms with Crippen molar-refractivity contribution in [3.63, 3.8) is 0 Å². The van der Waals surface area contributed by atoms with Gasteiger partial charge in [0, 0.05) is 29.7 Å². The summed E-state index contributed by atoms with van der Waals surface area (Å²) < 4.78 is 41.4. The molecular formula is C12H9F3N2O3S. The number of rotatable bonds is 6. The standard InChI is InChI=1S/C12H9F3N2O3S/c13-9-4-8(1-2-10(9)20-12(14)15)16-5-7-3-11(17(18)19)21-6-7/h1-4,6,12,16H,5H2. The van der Waals surface area contributed by atoms with E-state index in [1.807, 2.05) is 0 Å². The molecule has 0 radical (unpaired) electrons. The van der Waals surface area contributed by atoms with E-state index < -0.39 is 23.1 Å². The Hall–Kier alpha value is -2.29. The van der Waals surface area contributed by atoms with Gasteiger partial charge in [0.2, 0.25) is 0 Å². The van der Waals surface area contributed by atoms with Crippen molar-refractivity contribution in [2.45, 2.75) is 13.2 Å². The Morgan fingerprint density at radius 3 is 2.71 bits per heavy atom. The van der Waals surface area contributed by atoms with E-state index in [1.165, 1.54) is 12.1 Å². The summed E-state index contributed by atoms with van der Waals surface area (Å²) in [6.45, 7) is -2.84. The topological polar surface area (TPSA) is 64.4 Å². The van der Waals surface area contributed by atoms with Gasteiger partial charge in [-0.2, -0.15) is 8.78 Å². The van der Waals surface area contributed by atoms with Crippen LogP contribution in [0, 0.1) is 15.9 Å². The Kier molecular flexibility index (Phi) is 4.63. The van der Waals surface area contributed by atoms with Crippen molar-refractivity contribution in [1.82, 2.24) is 0 Å². The second kappa shape index (κ2) is 6.44. The molecule has 0 aliphatic heterocycles. The molecule has 0 fully saturated rings. The first-order chi connectivity index (χ1) is 9.95. The minimum atomic E-state index is -3.09. The zero-order valence-electron chi connectivity index (χ0n) is 10.4. The highest BCUT2D eigenvalue weighted by molar-refractivity contribution is 7.13. The van der Waals surface area contributed by atoms with Gasteiger partial charge in [0.1, 0.15) is 0 Å². The summed E-state index contributed by atoms with van der Waals surface area (Å²) in [6.07, 6.45) is 0. The van der Waals surface area contributed by atoms with Crippen LogP contribution in [-0.2, 0) is 6.54 Å². The quantitative estimate of drug-likeness (QED) is 0.645. The number of nitro groups is 1. The molecule has 5 nitrogen and oxygen atoms in total. The van der Waals surface area contributed by atoms with Crippen molar-refractivity contribution in [3.05, 3.63) is 51.1 Å². The highest BCUT2D eigenvalue weighted by atomic mass is 32.1. The summed E-state index contributed by atoms with van der Waals surface area (Å²) in [4.78, 5) is 10.0. The van der Waals surface area contributed by atoms with E-state index in [2.05, 4.69) is 10.1 Å². The predicted octanol–water partition coefficient (Wildman–Crippen LogP) is 4.01. The molecule has 0 amide bonds. The number of hydrogen-bond donors (Lipinski definition) is 1. The fraction of sp³-hybridized carbons (Fsp3) is 0.167. The second-order valence-corrected chi connectivity index (χ2v) is 4.82. The molecular weight excluding hydrogens is 309 g/mol. The molecule has 0 atom stereocenters. The molecule has 0 bridgehead atoms. The highest BCUT2D eigenvalue weighted by Crippen LogP contribution is 2.25. The third kappa shape index (κ3) is 4.09. The van der Waals surface area contributed by atoms with E-state index in [1.54, 1.807) is 5.38 Å². The third-order valence-electron chi connectivity index (χ3n) is 2.46. The van der Waals surface area contributed by atoms with Crippen LogP contribution in [0.15, 0.2) is 29.6 Å². The molecule has 0 aliphatic carbocycles. The van der Waals surface area contributed by atoms with Crippen molar-refractivity contribution in [1.29, 1.82) is 0 Å². The number of alkyl halides is 2. The Balaban J connectivity index is 1.99. The zero-order chi connectivity index (χ0) is 15.4. The molecule has 0 unspecified atom stereocenters. The first-order valence-corrected chi connectivity index (χ1v) is 6.53. The van der Waals surface area contributed by atoms with Gasteiger partial charge < -0.3 is 10.1 Å². The maximum atomic E-state index is 13.5. The molecule has 1 aromatic carbocycles. The lowest BCUT2D eigenvalue weighted by atomic mass is 10.2. The molecule has 2 aromatic rings. The van der Waals surface area contributed by atoms with E-state index in [0.717, 1.165) is 23.5 Å². The van der Waals surface area contributed by atoms with Crippen molar-refractivity contribution in [2.75, 3.05) is 5.32 Å².